The second-order valence-corrected chi connectivity index (χ2v) is 4.62. The summed E-state index contributed by atoms with van der Waals surface area (Å²) in [5, 5.41) is 10.9. The number of halogens is 3. The first-order valence-corrected chi connectivity index (χ1v) is 6.14. The highest BCUT2D eigenvalue weighted by Gasteiger charge is 2.20. The monoisotopic (exact) mass is 316 g/mol. The fraction of sp³-hybridized carbons (Fsp3) is 0.333. The van der Waals surface area contributed by atoms with E-state index in [0.717, 1.165) is 12.1 Å². The zero-order chi connectivity index (χ0) is 13.7. The summed E-state index contributed by atoms with van der Waals surface area (Å²) in [6, 6.07) is 3.89. The molecule has 6 heteroatoms. The van der Waals surface area contributed by atoms with Gasteiger partial charge in [-0.25, -0.2) is 8.78 Å². The third-order valence-corrected chi connectivity index (χ3v) is 2.76. The summed E-state index contributed by atoms with van der Waals surface area (Å²) in [5.41, 5.74) is -0.528. The normalized spacial score (nSPS) is 11.7. The molecule has 0 heterocycles. The van der Waals surface area contributed by atoms with Gasteiger partial charge in [0.25, 0.3) is 0 Å². The van der Waals surface area contributed by atoms with Gasteiger partial charge in [-0.3, -0.25) is 4.79 Å². The van der Waals surface area contributed by atoms with Gasteiger partial charge < -0.3 is 5.32 Å². The van der Waals surface area contributed by atoms with E-state index >= 15 is 0 Å². The van der Waals surface area contributed by atoms with Crippen molar-refractivity contribution in [2.75, 3.05) is 5.32 Å². The van der Waals surface area contributed by atoms with Gasteiger partial charge in [-0.1, -0.05) is 29.3 Å². The van der Waals surface area contributed by atoms with Gasteiger partial charge in [0.2, 0.25) is 5.91 Å². The summed E-state index contributed by atoms with van der Waals surface area (Å²) in [4.78, 5) is 11.6. The van der Waals surface area contributed by atoms with E-state index in [-0.39, 0.29) is 4.47 Å². The molecule has 0 saturated heterocycles. The number of benzene rings is 1. The minimum absolute atomic E-state index is 0.237. The van der Waals surface area contributed by atoms with Crippen LogP contribution in [0.25, 0.3) is 0 Å². The Bertz CT molecular complexity index is 476. The number of nitrogens with zero attached hydrogens (tertiary/aromatic N) is 1. The molecule has 1 unspecified atom stereocenters. The summed E-state index contributed by atoms with van der Waals surface area (Å²) in [5.74, 6) is -3.37. The Morgan fingerprint density at radius 2 is 2.06 bits per heavy atom. The lowest BCUT2D eigenvalue weighted by Gasteiger charge is -2.11. The highest BCUT2D eigenvalue weighted by Crippen LogP contribution is 2.24. The Morgan fingerprint density at radius 3 is 2.50 bits per heavy atom. The van der Waals surface area contributed by atoms with E-state index < -0.39 is 29.1 Å². The van der Waals surface area contributed by atoms with Gasteiger partial charge in [0.05, 0.1) is 6.07 Å². The number of amides is 1. The Labute approximate surface area is 112 Å². The van der Waals surface area contributed by atoms with Gasteiger partial charge >= 0.3 is 0 Å². The van der Waals surface area contributed by atoms with Crippen molar-refractivity contribution in [2.24, 2.45) is 5.92 Å². The summed E-state index contributed by atoms with van der Waals surface area (Å²) in [7, 11) is 0. The van der Waals surface area contributed by atoms with Gasteiger partial charge in [-0.2, -0.15) is 5.26 Å². The molecule has 1 amide bonds. The van der Waals surface area contributed by atoms with Crippen LogP contribution in [0.5, 0.6) is 0 Å². The first-order chi connectivity index (χ1) is 8.49. The van der Waals surface area contributed by atoms with Gasteiger partial charge in [0.15, 0.2) is 11.6 Å². The van der Waals surface area contributed by atoms with Crippen LogP contribution in [0.15, 0.2) is 16.6 Å². The Kier molecular flexibility index (Phi) is 5.23. The van der Waals surface area contributed by atoms with Crippen LogP contribution in [0.1, 0.15) is 19.8 Å². The number of nitriles is 1. The minimum Gasteiger partial charge on any atom is -0.320 e. The third-order valence-electron chi connectivity index (χ3n) is 2.30. The Hall–Kier alpha value is -1.48. The smallest absolute Gasteiger partial charge is 0.241 e. The van der Waals surface area contributed by atoms with Crippen LogP contribution in [-0.2, 0) is 4.79 Å². The fourth-order valence-electron chi connectivity index (χ4n) is 1.41. The minimum atomic E-state index is -0.905. The van der Waals surface area contributed by atoms with E-state index in [1.807, 2.05) is 13.0 Å². The highest BCUT2D eigenvalue weighted by molar-refractivity contribution is 9.10. The molecule has 0 bridgehead atoms. The fourth-order valence-corrected chi connectivity index (χ4v) is 1.82. The third kappa shape index (κ3) is 3.50. The maximum Gasteiger partial charge on any atom is 0.241 e. The lowest BCUT2D eigenvalue weighted by molar-refractivity contribution is -0.118. The zero-order valence-electron chi connectivity index (χ0n) is 9.64. The number of anilines is 1. The van der Waals surface area contributed by atoms with Crippen molar-refractivity contribution in [3.05, 3.63) is 28.2 Å². The number of carbonyl (C=O) groups excluding carboxylic acids is 1. The SMILES string of the molecule is CCCC(C#N)C(=O)Nc1c(F)cc(Br)cc1F. The van der Waals surface area contributed by atoms with Crippen LogP contribution in [0.4, 0.5) is 14.5 Å². The first-order valence-electron chi connectivity index (χ1n) is 5.34. The molecule has 0 radical (unpaired) electrons. The zero-order valence-corrected chi connectivity index (χ0v) is 11.2. The van der Waals surface area contributed by atoms with Crippen LogP contribution in [0, 0.1) is 28.9 Å². The van der Waals surface area contributed by atoms with Crippen molar-refractivity contribution in [2.45, 2.75) is 19.8 Å². The number of hydrogen-bond acceptors (Lipinski definition) is 2. The molecule has 0 aliphatic rings. The van der Waals surface area contributed by atoms with Gasteiger partial charge in [-0.15, -0.1) is 0 Å². The molecule has 3 nitrogen and oxygen atoms in total. The molecule has 0 fully saturated rings. The molecule has 1 rings (SSSR count). The van der Waals surface area contributed by atoms with Crippen LogP contribution in [-0.4, -0.2) is 5.91 Å². The molecule has 1 atom stereocenters. The van der Waals surface area contributed by atoms with Crippen LogP contribution in [0.2, 0.25) is 0 Å². The summed E-state index contributed by atoms with van der Waals surface area (Å²) in [6.07, 6.45) is 0.985. The standard InChI is InChI=1S/C12H11BrF2N2O/c1-2-3-7(6-16)12(18)17-11-9(14)4-8(13)5-10(11)15/h4-5,7H,2-3H2,1H3,(H,17,18). The molecular weight excluding hydrogens is 306 g/mol. The second kappa shape index (κ2) is 6.45. The molecule has 1 N–H and O–H groups in total. The number of nitrogens with one attached hydrogen (secondary N) is 1. The Morgan fingerprint density at radius 1 is 1.50 bits per heavy atom. The molecule has 18 heavy (non-hydrogen) atoms. The maximum absolute atomic E-state index is 13.5. The molecule has 96 valence electrons. The highest BCUT2D eigenvalue weighted by atomic mass is 79.9. The van der Waals surface area contributed by atoms with E-state index in [9.17, 15) is 13.6 Å². The predicted octanol–water partition coefficient (Wildman–Crippen LogP) is 3.61. The average Bonchev–Trinajstić information content (AvgIpc) is 2.30. The number of rotatable bonds is 4. The van der Waals surface area contributed by atoms with Crippen molar-refractivity contribution < 1.29 is 13.6 Å². The summed E-state index contributed by atoms with van der Waals surface area (Å²) in [6.45, 7) is 1.82. The second-order valence-electron chi connectivity index (χ2n) is 3.70. The van der Waals surface area contributed by atoms with Crippen molar-refractivity contribution in [1.82, 2.24) is 0 Å². The number of hydrogen-bond donors (Lipinski definition) is 1. The molecular formula is C12H11BrF2N2O. The molecule has 0 saturated carbocycles. The van der Waals surface area contributed by atoms with Gasteiger partial charge in [0, 0.05) is 4.47 Å². The summed E-state index contributed by atoms with van der Waals surface area (Å²) < 4.78 is 27.2. The Balaban J connectivity index is 2.92. The molecule has 0 aliphatic heterocycles. The van der Waals surface area contributed by atoms with E-state index in [1.165, 1.54) is 0 Å². The number of carbonyl (C=O) groups is 1. The van der Waals surface area contributed by atoms with Gasteiger partial charge in [0.1, 0.15) is 11.6 Å². The maximum atomic E-state index is 13.5. The van der Waals surface area contributed by atoms with Crippen LogP contribution >= 0.6 is 15.9 Å². The predicted molar refractivity (Wildman–Crippen MR) is 66.7 cm³/mol. The van der Waals surface area contributed by atoms with E-state index in [1.54, 1.807) is 0 Å². The van der Waals surface area contributed by atoms with E-state index in [2.05, 4.69) is 21.2 Å². The lowest BCUT2D eigenvalue weighted by atomic mass is 10.0. The first kappa shape index (κ1) is 14.6. The lowest BCUT2D eigenvalue weighted by Crippen LogP contribution is -2.22. The van der Waals surface area contributed by atoms with Crippen molar-refractivity contribution in [1.29, 1.82) is 5.26 Å². The van der Waals surface area contributed by atoms with Crippen molar-refractivity contribution in [3.8, 4) is 6.07 Å². The van der Waals surface area contributed by atoms with Crippen molar-refractivity contribution >= 4 is 27.5 Å². The van der Waals surface area contributed by atoms with Crippen molar-refractivity contribution in [3.63, 3.8) is 0 Å². The quantitative estimate of drug-likeness (QED) is 0.922. The summed E-state index contributed by atoms with van der Waals surface area (Å²) >= 11 is 2.94. The van der Waals surface area contributed by atoms with Crippen LogP contribution < -0.4 is 5.32 Å². The topological polar surface area (TPSA) is 52.9 Å². The molecule has 0 spiro atoms. The van der Waals surface area contributed by atoms with E-state index in [0.29, 0.717) is 12.8 Å². The van der Waals surface area contributed by atoms with Gasteiger partial charge in [-0.05, 0) is 18.6 Å². The molecule has 0 aliphatic carbocycles. The molecule has 0 aromatic heterocycles. The van der Waals surface area contributed by atoms with Crippen LogP contribution in [0.3, 0.4) is 0 Å². The molecule has 1 aromatic carbocycles. The average molecular weight is 317 g/mol. The van der Waals surface area contributed by atoms with E-state index in [4.69, 9.17) is 5.26 Å². The molecule has 1 aromatic rings. The largest absolute Gasteiger partial charge is 0.320 e.